The molecule has 0 bridgehead atoms. The van der Waals surface area contributed by atoms with Crippen molar-refractivity contribution in [1.82, 2.24) is 19.3 Å². The van der Waals surface area contributed by atoms with E-state index < -0.39 is 5.97 Å². The van der Waals surface area contributed by atoms with Crippen molar-refractivity contribution in [3.8, 4) is 11.5 Å². The molecule has 0 amide bonds. The Hall–Kier alpha value is -3.74. The van der Waals surface area contributed by atoms with Gasteiger partial charge in [-0.05, 0) is 31.2 Å². The van der Waals surface area contributed by atoms with Crippen molar-refractivity contribution in [2.45, 2.75) is 6.92 Å². The number of carboxylic acid groups (broad SMARTS) is 1. The summed E-state index contributed by atoms with van der Waals surface area (Å²) < 4.78 is 2.74. The molecule has 7 heteroatoms. The molecule has 0 radical (unpaired) electrons. The molecular formula is C19H14N4O3. The minimum absolute atomic E-state index is 0.0730. The average molecular weight is 346 g/mol. The number of carboxylic acids is 1. The van der Waals surface area contributed by atoms with Gasteiger partial charge in [-0.1, -0.05) is 30.3 Å². The second-order valence-corrected chi connectivity index (χ2v) is 5.75. The number of aromatic nitrogens is 4. The van der Waals surface area contributed by atoms with Crippen LogP contribution in [0.15, 0.2) is 65.6 Å². The fourth-order valence-corrected chi connectivity index (χ4v) is 2.96. The molecule has 0 aliphatic heterocycles. The van der Waals surface area contributed by atoms with Crippen molar-refractivity contribution in [2.24, 2.45) is 0 Å². The zero-order chi connectivity index (χ0) is 18.3. The SMILES string of the molecule is Cc1nc2ccccc2c(=O)n1-c1c(C(=O)O)cnn1-c1ccccc1. The number of hydrogen-bond acceptors (Lipinski definition) is 4. The van der Waals surface area contributed by atoms with Crippen LogP contribution in [0.1, 0.15) is 16.2 Å². The molecule has 26 heavy (non-hydrogen) atoms. The third-order valence-electron chi connectivity index (χ3n) is 4.13. The number of aromatic carboxylic acids is 1. The Bertz CT molecular complexity index is 1190. The smallest absolute Gasteiger partial charge is 0.341 e. The van der Waals surface area contributed by atoms with Crippen LogP contribution in [0.5, 0.6) is 0 Å². The predicted octanol–water partition coefficient (Wildman–Crippen LogP) is 2.58. The van der Waals surface area contributed by atoms with Crippen molar-refractivity contribution < 1.29 is 9.90 Å². The van der Waals surface area contributed by atoms with Gasteiger partial charge >= 0.3 is 5.97 Å². The van der Waals surface area contributed by atoms with Crippen molar-refractivity contribution in [3.05, 3.63) is 82.5 Å². The van der Waals surface area contributed by atoms with Crippen molar-refractivity contribution >= 4 is 16.9 Å². The number of rotatable bonds is 3. The van der Waals surface area contributed by atoms with Crippen molar-refractivity contribution in [2.75, 3.05) is 0 Å². The second kappa shape index (κ2) is 5.96. The first-order valence-corrected chi connectivity index (χ1v) is 7.93. The fraction of sp³-hybridized carbons (Fsp3) is 0.0526. The van der Waals surface area contributed by atoms with E-state index in [2.05, 4.69) is 10.1 Å². The van der Waals surface area contributed by atoms with Crippen LogP contribution in [0, 0.1) is 6.92 Å². The summed E-state index contributed by atoms with van der Waals surface area (Å²) in [6.07, 6.45) is 1.24. The van der Waals surface area contributed by atoms with E-state index >= 15 is 0 Å². The van der Waals surface area contributed by atoms with Gasteiger partial charge in [0.2, 0.25) is 0 Å². The Morgan fingerprint density at radius 2 is 1.73 bits per heavy atom. The minimum Gasteiger partial charge on any atom is -0.477 e. The first-order chi connectivity index (χ1) is 12.6. The summed E-state index contributed by atoms with van der Waals surface area (Å²) in [4.78, 5) is 29.3. The molecule has 0 saturated carbocycles. The van der Waals surface area contributed by atoms with E-state index in [9.17, 15) is 14.7 Å². The number of benzene rings is 2. The van der Waals surface area contributed by atoms with E-state index in [-0.39, 0.29) is 16.9 Å². The van der Waals surface area contributed by atoms with Crippen LogP contribution in [-0.2, 0) is 0 Å². The van der Waals surface area contributed by atoms with Gasteiger partial charge in [0.05, 0.1) is 22.8 Å². The summed E-state index contributed by atoms with van der Waals surface area (Å²) in [5.74, 6) is -0.625. The van der Waals surface area contributed by atoms with Crippen LogP contribution in [0.25, 0.3) is 22.4 Å². The van der Waals surface area contributed by atoms with E-state index in [1.54, 1.807) is 43.3 Å². The molecule has 0 unspecified atom stereocenters. The van der Waals surface area contributed by atoms with Gasteiger partial charge in [0.1, 0.15) is 11.4 Å². The highest BCUT2D eigenvalue weighted by Gasteiger charge is 2.23. The molecular weight excluding hydrogens is 332 g/mol. The third-order valence-corrected chi connectivity index (χ3v) is 4.13. The lowest BCUT2D eigenvalue weighted by atomic mass is 10.2. The summed E-state index contributed by atoms with van der Waals surface area (Å²) >= 11 is 0. The molecule has 4 rings (SSSR count). The van der Waals surface area contributed by atoms with Crippen LogP contribution >= 0.6 is 0 Å². The van der Waals surface area contributed by atoms with E-state index in [0.717, 1.165) is 0 Å². The number of nitrogens with zero attached hydrogens (tertiary/aromatic N) is 4. The van der Waals surface area contributed by atoms with Gasteiger partial charge in [-0.15, -0.1) is 0 Å². The van der Waals surface area contributed by atoms with Crippen LogP contribution in [-0.4, -0.2) is 30.4 Å². The van der Waals surface area contributed by atoms with E-state index in [1.165, 1.54) is 15.4 Å². The lowest BCUT2D eigenvalue weighted by Crippen LogP contribution is -2.26. The number of hydrogen-bond donors (Lipinski definition) is 1. The van der Waals surface area contributed by atoms with Gasteiger partial charge in [-0.25, -0.2) is 19.0 Å². The first-order valence-electron chi connectivity index (χ1n) is 7.93. The lowest BCUT2D eigenvalue weighted by Gasteiger charge is -2.14. The predicted molar refractivity (Wildman–Crippen MR) is 96.2 cm³/mol. The maximum absolute atomic E-state index is 13.1. The Morgan fingerprint density at radius 3 is 2.46 bits per heavy atom. The molecule has 128 valence electrons. The highest BCUT2D eigenvalue weighted by atomic mass is 16.4. The van der Waals surface area contributed by atoms with Gasteiger partial charge in [-0.2, -0.15) is 5.10 Å². The molecule has 0 atom stereocenters. The molecule has 4 aromatic rings. The number of carbonyl (C=O) groups is 1. The molecule has 2 aromatic heterocycles. The van der Waals surface area contributed by atoms with Gasteiger partial charge in [-0.3, -0.25) is 4.79 Å². The summed E-state index contributed by atoms with van der Waals surface area (Å²) in [6, 6.07) is 16.0. The molecule has 2 aromatic carbocycles. The summed E-state index contributed by atoms with van der Waals surface area (Å²) in [5, 5.41) is 14.2. The quantitative estimate of drug-likeness (QED) is 0.616. The molecule has 2 heterocycles. The fourth-order valence-electron chi connectivity index (χ4n) is 2.96. The van der Waals surface area contributed by atoms with Gasteiger partial charge in [0, 0.05) is 0 Å². The Labute approximate surface area is 147 Å². The summed E-state index contributed by atoms with van der Waals surface area (Å²) in [6.45, 7) is 1.67. The molecule has 7 nitrogen and oxygen atoms in total. The first kappa shape index (κ1) is 15.8. The highest BCUT2D eigenvalue weighted by Crippen LogP contribution is 2.20. The Morgan fingerprint density at radius 1 is 1.04 bits per heavy atom. The monoisotopic (exact) mass is 346 g/mol. The lowest BCUT2D eigenvalue weighted by molar-refractivity contribution is 0.0697. The van der Waals surface area contributed by atoms with E-state index in [0.29, 0.717) is 22.4 Å². The maximum Gasteiger partial charge on any atom is 0.341 e. The highest BCUT2D eigenvalue weighted by molar-refractivity contribution is 5.91. The number of fused-ring (bicyclic) bond motifs is 1. The maximum atomic E-state index is 13.1. The molecule has 0 aliphatic rings. The zero-order valence-corrected chi connectivity index (χ0v) is 13.8. The second-order valence-electron chi connectivity index (χ2n) is 5.75. The van der Waals surface area contributed by atoms with Crippen LogP contribution in [0.2, 0.25) is 0 Å². The van der Waals surface area contributed by atoms with Gasteiger partial charge in [0.15, 0.2) is 5.82 Å². The summed E-state index contributed by atoms with van der Waals surface area (Å²) in [5.41, 5.74) is 0.799. The third kappa shape index (κ3) is 2.37. The zero-order valence-electron chi connectivity index (χ0n) is 13.8. The van der Waals surface area contributed by atoms with Crippen LogP contribution < -0.4 is 5.56 Å². The average Bonchev–Trinajstić information content (AvgIpc) is 3.07. The van der Waals surface area contributed by atoms with Gasteiger partial charge in [0.25, 0.3) is 5.56 Å². The number of para-hydroxylation sites is 2. The van der Waals surface area contributed by atoms with E-state index in [1.807, 2.05) is 18.2 Å². The van der Waals surface area contributed by atoms with Crippen LogP contribution in [0.4, 0.5) is 0 Å². The molecule has 0 saturated heterocycles. The number of aryl methyl sites for hydroxylation is 1. The Balaban J connectivity index is 2.11. The minimum atomic E-state index is -1.17. The molecule has 0 aliphatic carbocycles. The van der Waals surface area contributed by atoms with Crippen LogP contribution in [0.3, 0.4) is 0 Å². The van der Waals surface area contributed by atoms with Gasteiger partial charge < -0.3 is 5.11 Å². The normalized spacial score (nSPS) is 11.0. The molecule has 0 fully saturated rings. The Kier molecular flexibility index (Phi) is 3.62. The largest absolute Gasteiger partial charge is 0.477 e. The summed E-state index contributed by atoms with van der Waals surface area (Å²) in [7, 11) is 0. The standard InChI is InChI=1S/C19H14N4O3/c1-12-21-16-10-6-5-9-14(16)18(24)22(12)17-15(19(25)26)11-20-23(17)13-7-3-2-4-8-13/h2-11H,1H3,(H,25,26). The van der Waals surface area contributed by atoms with E-state index in [4.69, 9.17) is 0 Å². The topological polar surface area (TPSA) is 90.0 Å². The molecule has 1 N–H and O–H groups in total. The molecule has 0 spiro atoms. The van der Waals surface area contributed by atoms with Crippen molar-refractivity contribution in [3.63, 3.8) is 0 Å². The van der Waals surface area contributed by atoms with Crippen molar-refractivity contribution in [1.29, 1.82) is 0 Å².